The molecule has 5 heteroatoms. The van der Waals surface area contributed by atoms with Crippen molar-refractivity contribution >= 4 is 12.0 Å². The normalized spacial score (nSPS) is 25.1. The molecule has 1 saturated carbocycles. The van der Waals surface area contributed by atoms with Gasteiger partial charge in [0.05, 0.1) is 0 Å². The molecule has 2 rings (SSSR count). The zero-order valence-electron chi connectivity index (χ0n) is 13.2. The van der Waals surface area contributed by atoms with E-state index in [2.05, 4.69) is 19.2 Å². The predicted molar refractivity (Wildman–Crippen MR) is 81.1 cm³/mol. The van der Waals surface area contributed by atoms with E-state index in [9.17, 15) is 14.7 Å². The minimum Gasteiger partial charge on any atom is -0.480 e. The fourth-order valence-corrected chi connectivity index (χ4v) is 3.80. The lowest BCUT2D eigenvalue weighted by Gasteiger charge is -2.32. The Morgan fingerprint density at radius 3 is 2.33 bits per heavy atom. The molecule has 0 aromatic carbocycles. The number of likely N-dealkylation sites (tertiary alicyclic amines) is 1. The number of urea groups is 1. The Morgan fingerprint density at radius 2 is 1.76 bits per heavy atom. The van der Waals surface area contributed by atoms with Crippen molar-refractivity contribution in [2.45, 2.75) is 70.9 Å². The molecule has 0 aromatic heterocycles. The van der Waals surface area contributed by atoms with Crippen LogP contribution in [0.15, 0.2) is 0 Å². The number of carboxylic acids is 1. The lowest BCUT2D eigenvalue weighted by Crippen LogP contribution is -2.53. The monoisotopic (exact) mass is 296 g/mol. The first-order valence-electron chi connectivity index (χ1n) is 8.30. The standard InChI is InChI=1S/C16H28N2O3/c1-11(2)13-9-6-10-18(13)16(21)17-14(15(19)20)12-7-4-3-5-8-12/h11-14H,3-10H2,1-2H3,(H,17,21)(H,19,20). The Hall–Kier alpha value is -1.26. The first-order valence-corrected chi connectivity index (χ1v) is 8.30. The fourth-order valence-electron chi connectivity index (χ4n) is 3.80. The Balaban J connectivity index is 1.99. The molecule has 0 spiro atoms. The second-order valence-electron chi connectivity index (χ2n) is 6.81. The average molecular weight is 296 g/mol. The highest BCUT2D eigenvalue weighted by Gasteiger charge is 2.35. The Labute approximate surface area is 127 Å². The molecule has 21 heavy (non-hydrogen) atoms. The van der Waals surface area contributed by atoms with Gasteiger partial charge in [0.25, 0.3) is 0 Å². The minimum absolute atomic E-state index is 0.0836. The van der Waals surface area contributed by atoms with Crippen molar-refractivity contribution in [3.05, 3.63) is 0 Å². The summed E-state index contributed by atoms with van der Waals surface area (Å²) in [5.41, 5.74) is 0. The highest BCUT2D eigenvalue weighted by Crippen LogP contribution is 2.28. The van der Waals surface area contributed by atoms with E-state index in [0.717, 1.165) is 45.1 Å². The molecule has 0 bridgehead atoms. The van der Waals surface area contributed by atoms with Gasteiger partial charge in [-0.1, -0.05) is 33.1 Å². The van der Waals surface area contributed by atoms with Crippen LogP contribution < -0.4 is 5.32 Å². The Morgan fingerprint density at radius 1 is 1.10 bits per heavy atom. The summed E-state index contributed by atoms with van der Waals surface area (Å²) in [7, 11) is 0. The summed E-state index contributed by atoms with van der Waals surface area (Å²) in [5.74, 6) is -0.396. The predicted octanol–water partition coefficient (Wildman–Crippen LogP) is 2.85. The van der Waals surface area contributed by atoms with Crippen LogP contribution in [0.3, 0.4) is 0 Å². The first-order chi connectivity index (χ1) is 10.0. The van der Waals surface area contributed by atoms with Crippen molar-refractivity contribution in [1.82, 2.24) is 10.2 Å². The molecule has 0 radical (unpaired) electrons. The zero-order valence-corrected chi connectivity index (χ0v) is 13.2. The van der Waals surface area contributed by atoms with Crippen molar-refractivity contribution in [1.29, 1.82) is 0 Å². The molecule has 1 heterocycles. The Bertz CT molecular complexity index is 378. The maximum atomic E-state index is 12.5. The van der Waals surface area contributed by atoms with Gasteiger partial charge in [-0.2, -0.15) is 0 Å². The number of carbonyl (C=O) groups excluding carboxylic acids is 1. The van der Waals surface area contributed by atoms with E-state index in [0.29, 0.717) is 5.92 Å². The van der Waals surface area contributed by atoms with Gasteiger partial charge in [-0.25, -0.2) is 9.59 Å². The second kappa shape index (κ2) is 7.14. The van der Waals surface area contributed by atoms with Crippen LogP contribution >= 0.6 is 0 Å². The summed E-state index contributed by atoms with van der Waals surface area (Å²) in [6, 6.07) is -0.679. The maximum absolute atomic E-state index is 12.5. The number of hydrogen-bond donors (Lipinski definition) is 2. The van der Waals surface area contributed by atoms with Gasteiger partial charge < -0.3 is 15.3 Å². The van der Waals surface area contributed by atoms with Crippen molar-refractivity contribution in [2.24, 2.45) is 11.8 Å². The summed E-state index contributed by atoms with van der Waals surface area (Å²) < 4.78 is 0. The van der Waals surface area contributed by atoms with Crippen molar-refractivity contribution in [3.63, 3.8) is 0 Å². The van der Waals surface area contributed by atoms with E-state index in [1.165, 1.54) is 6.42 Å². The van der Waals surface area contributed by atoms with Crippen LogP contribution in [0.5, 0.6) is 0 Å². The van der Waals surface area contributed by atoms with Crippen LogP contribution in [-0.4, -0.2) is 40.6 Å². The van der Waals surface area contributed by atoms with Crippen molar-refractivity contribution in [2.75, 3.05) is 6.54 Å². The molecule has 2 atom stereocenters. The molecule has 0 aromatic rings. The third-order valence-electron chi connectivity index (χ3n) is 5.00. The summed E-state index contributed by atoms with van der Waals surface area (Å²) in [6.07, 6.45) is 7.17. The molecular weight excluding hydrogens is 268 g/mol. The number of hydrogen-bond acceptors (Lipinski definition) is 2. The second-order valence-corrected chi connectivity index (χ2v) is 6.81. The van der Waals surface area contributed by atoms with Crippen LogP contribution in [0.2, 0.25) is 0 Å². The zero-order chi connectivity index (χ0) is 15.4. The van der Waals surface area contributed by atoms with Crippen LogP contribution in [0.25, 0.3) is 0 Å². The summed E-state index contributed by atoms with van der Waals surface area (Å²) in [6.45, 7) is 4.98. The largest absolute Gasteiger partial charge is 0.480 e. The molecule has 2 fully saturated rings. The minimum atomic E-state index is -0.893. The van der Waals surface area contributed by atoms with E-state index < -0.39 is 12.0 Å². The van der Waals surface area contributed by atoms with Crippen molar-refractivity contribution in [3.8, 4) is 0 Å². The molecule has 1 aliphatic heterocycles. The van der Waals surface area contributed by atoms with Gasteiger partial charge >= 0.3 is 12.0 Å². The van der Waals surface area contributed by atoms with Crippen LogP contribution in [-0.2, 0) is 4.79 Å². The quantitative estimate of drug-likeness (QED) is 0.838. The molecule has 5 nitrogen and oxygen atoms in total. The fraction of sp³-hybridized carbons (Fsp3) is 0.875. The first kappa shape index (κ1) is 16.1. The molecular formula is C16H28N2O3. The molecule has 2 amide bonds. The van der Waals surface area contributed by atoms with Gasteiger partial charge in [0, 0.05) is 12.6 Å². The number of carboxylic acid groups (broad SMARTS) is 1. The number of amides is 2. The van der Waals surface area contributed by atoms with Gasteiger partial charge in [0.1, 0.15) is 6.04 Å². The SMILES string of the molecule is CC(C)C1CCCN1C(=O)NC(C(=O)O)C1CCCCC1. The molecule has 2 N–H and O–H groups in total. The van der Waals surface area contributed by atoms with E-state index in [1.807, 2.05) is 4.90 Å². The molecule has 1 aliphatic carbocycles. The van der Waals surface area contributed by atoms with Gasteiger partial charge in [0.15, 0.2) is 0 Å². The van der Waals surface area contributed by atoms with Gasteiger partial charge in [0.2, 0.25) is 0 Å². The van der Waals surface area contributed by atoms with Gasteiger partial charge in [-0.3, -0.25) is 0 Å². The number of aliphatic carboxylic acids is 1. The summed E-state index contributed by atoms with van der Waals surface area (Å²) in [5, 5.41) is 12.3. The smallest absolute Gasteiger partial charge is 0.326 e. The van der Waals surface area contributed by atoms with Gasteiger partial charge in [-0.05, 0) is 37.5 Å². The number of carbonyl (C=O) groups is 2. The topological polar surface area (TPSA) is 69.6 Å². The highest BCUT2D eigenvalue weighted by atomic mass is 16.4. The summed E-state index contributed by atoms with van der Waals surface area (Å²) in [4.78, 5) is 25.8. The molecule has 120 valence electrons. The number of rotatable bonds is 4. The third-order valence-corrected chi connectivity index (χ3v) is 5.00. The average Bonchev–Trinajstić information content (AvgIpc) is 2.94. The van der Waals surface area contributed by atoms with Crippen LogP contribution in [0.4, 0.5) is 4.79 Å². The lowest BCUT2D eigenvalue weighted by atomic mass is 9.84. The van der Waals surface area contributed by atoms with E-state index in [1.54, 1.807) is 0 Å². The molecule has 1 saturated heterocycles. The molecule has 2 unspecified atom stereocenters. The number of nitrogens with zero attached hydrogens (tertiary/aromatic N) is 1. The summed E-state index contributed by atoms with van der Waals surface area (Å²) >= 11 is 0. The highest BCUT2D eigenvalue weighted by molar-refractivity contribution is 5.83. The van der Waals surface area contributed by atoms with E-state index in [4.69, 9.17) is 0 Å². The molecule has 2 aliphatic rings. The van der Waals surface area contributed by atoms with Crippen LogP contribution in [0, 0.1) is 11.8 Å². The maximum Gasteiger partial charge on any atom is 0.326 e. The van der Waals surface area contributed by atoms with Crippen LogP contribution in [0.1, 0.15) is 58.8 Å². The third kappa shape index (κ3) is 3.89. The lowest BCUT2D eigenvalue weighted by molar-refractivity contribution is -0.141. The van der Waals surface area contributed by atoms with Crippen molar-refractivity contribution < 1.29 is 14.7 Å². The number of nitrogens with one attached hydrogen (secondary N) is 1. The van der Waals surface area contributed by atoms with E-state index >= 15 is 0 Å². The Kier molecular flexibility index (Phi) is 5.48. The van der Waals surface area contributed by atoms with Gasteiger partial charge in [-0.15, -0.1) is 0 Å². The van der Waals surface area contributed by atoms with E-state index in [-0.39, 0.29) is 18.0 Å².